The van der Waals surface area contributed by atoms with E-state index < -0.39 is 0 Å². The summed E-state index contributed by atoms with van der Waals surface area (Å²) in [6, 6.07) is 7.90. The number of nitrogens with one attached hydrogen (secondary N) is 2. The molecule has 0 aromatic heterocycles. The van der Waals surface area contributed by atoms with Crippen LogP contribution in [-0.4, -0.2) is 37.7 Å². The number of carbonyl (C=O) groups excluding carboxylic acids is 1. The van der Waals surface area contributed by atoms with E-state index in [9.17, 15) is 4.79 Å². The summed E-state index contributed by atoms with van der Waals surface area (Å²) in [5.41, 5.74) is 1.33. The Bertz CT molecular complexity index is 558. The van der Waals surface area contributed by atoms with Crippen LogP contribution < -0.4 is 15.0 Å². The van der Waals surface area contributed by atoms with Crippen molar-refractivity contribution >= 4 is 5.91 Å². The quantitative estimate of drug-likeness (QED) is 0.786. The summed E-state index contributed by atoms with van der Waals surface area (Å²) in [6.45, 7) is 6.06. The molecule has 1 aliphatic carbocycles. The van der Waals surface area contributed by atoms with Gasteiger partial charge in [-0.15, -0.1) is 0 Å². The molecule has 1 aromatic rings. The molecule has 0 unspecified atom stereocenters. The lowest BCUT2D eigenvalue weighted by Crippen LogP contribution is -3.22. The topological polar surface area (TPSA) is 42.8 Å². The van der Waals surface area contributed by atoms with Crippen LogP contribution in [-0.2, 0) is 11.2 Å². The second kappa shape index (κ2) is 9.40. The van der Waals surface area contributed by atoms with Crippen LogP contribution in [0.25, 0.3) is 0 Å². The van der Waals surface area contributed by atoms with Crippen molar-refractivity contribution in [1.29, 1.82) is 0 Å². The molecule has 1 heterocycles. The average molecular weight is 360 g/mol. The third-order valence-electron chi connectivity index (χ3n) is 6.24. The van der Waals surface area contributed by atoms with Gasteiger partial charge in [-0.05, 0) is 56.7 Å². The summed E-state index contributed by atoms with van der Waals surface area (Å²) in [5, 5.41) is 3.29. The molecule has 4 heteroatoms. The fraction of sp³-hybridized carbons (Fsp3) is 0.682. The zero-order valence-corrected chi connectivity index (χ0v) is 16.3. The molecular formula is C22H35N2O2+. The van der Waals surface area contributed by atoms with Gasteiger partial charge in [0.15, 0.2) is 0 Å². The highest BCUT2D eigenvalue weighted by atomic mass is 16.5. The maximum atomic E-state index is 12.5. The Morgan fingerprint density at radius 2 is 1.69 bits per heavy atom. The van der Waals surface area contributed by atoms with Crippen molar-refractivity contribution in [2.75, 3.05) is 26.2 Å². The third-order valence-corrected chi connectivity index (χ3v) is 6.24. The maximum absolute atomic E-state index is 12.5. The molecule has 3 rings (SSSR count). The smallest absolute Gasteiger partial charge is 0.224 e. The standard InChI is InChI=1S/C22H34N2O2/c1-2-26-20-11-9-19(10-12-20)17-21(25)23-18-22(13-5-3-6-14-22)24-15-7-4-8-16-24/h9-12H,2-8,13-18H2,1H3,(H,23,25)/p+1. The minimum absolute atomic E-state index is 0.149. The Balaban J connectivity index is 1.55. The molecule has 1 aromatic carbocycles. The number of hydrogen-bond donors (Lipinski definition) is 2. The number of rotatable bonds is 7. The molecule has 1 saturated heterocycles. The van der Waals surface area contributed by atoms with Crippen LogP contribution >= 0.6 is 0 Å². The van der Waals surface area contributed by atoms with E-state index in [-0.39, 0.29) is 11.4 Å². The van der Waals surface area contributed by atoms with E-state index >= 15 is 0 Å². The van der Waals surface area contributed by atoms with E-state index in [1.165, 1.54) is 64.5 Å². The van der Waals surface area contributed by atoms with Crippen LogP contribution in [0.5, 0.6) is 5.75 Å². The molecular weight excluding hydrogens is 324 g/mol. The van der Waals surface area contributed by atoms with Crippen molar-refractivity contribution in [1.82, 2.24) is 5.32 Å². The summed E-state index contributed by atoms with van der Waals surface area (Å²) in [7, 11) is 0. The predicted molar refractivity (Wildman–Crippen MR) is 105 cm³/mol. The van der Waals surface area contributed by atoms with Crippen LogP contribution in [0.3, 0.4) is 0 Å². The highest BCUT2D eigenvalue weighted by Gasteiger charge is 2.42. The Labute approximate surface area is 158 Å². The number of likely N-dealkylation sites (tertiary alicyclic amines) is 1. The Morgan fingerprint density at radius 1 is 1.04 bits per heavy atom. The molecule has 4 nitrogen and oxygen atoms in total. The summed E-state index contributed by atoms with van der Waals surface area (Å²) in [4.78, 5) is 14.3. The summed E-state index contributed by atoms with van der Waals surface area (Å²) < 4.78 is 5.47. The van der Waals surface area contributed by atoms with E-state index in [0.29, 0.717) is 13.0 Å². The zero-order chi connectivity index (χ0) is 18.2. The number of amides is 1. The molecule has 2 fully saturated rings. The third kappa shape index (κ3) is 5.00. The largest absolute Gasteiger partial charge is 0.494 e. The molecule has 2 aliphatic rings. The molecule has 2 N–H and O–H groups in total. The number of piperidine rings is 1. The van der Waals surface area contributed by atoms with E-state index in [1.807, 2.05) is 31.2 Å². The summed E-state index contributed by atoms with van der Waals surface area (Å²) in [6.07, 6.45) is 11.1. The van der Waals surface area contributed by atoms with Gasteiger partial charge < -0.3 is 15.0 Å². The van der Waals surface area contributed by atoms with Crippen molar-refractivity contribution in [3.8, 4) is 5.75 Å². The second-order valence-electron chi connectivity index (χ2n) is 8.04. The lowest BCUT2D eigenvalue weighted by atomic mass is 9.79. The van der Waals surface area contributed by atoms with Crippen molar-refractivity contribution in [3.05, 3.63) is 29.8 Å². The van der Waals surface area contributed by atoms with Crippen molar-refractivity contribution in [3.63, 3.8) is 0 Å². The maximum Gasteiger partial charge on any atom is 0.224 e. The molecule has 1 saturated carbocycles. The molecule has 1 aliphatic heterocycles. The van der Waals surface area contributed by atoms with Gasteiger partial charge in [0.1, 0.15) is 11.3 Å². The van der Waals surface area contributed by atoms with Crippen LogP contribution in [0.1, 0.15) is 63.9 Å². The van der Waals surface area contributed by atoms with Crippen molar-refractivity contribution in [2.45, 2.75) is 70.3 Å². The van der Waals surface area contributed by atoms with Gasteiger partial charge >= 0.3 is 0 Å². The fourth-order valence-electron chi connectivity index (χ4n) is 4.78. The lowest BCUT2D eigenvalue weighted by Gasteiger charge is -2.45. The molecule has 1 amide bonds. The second-order valence-corrected chi connectivity index (χ2v) is 8.04. The first-order valence-electron chi connectivity index (χ1n) is 10.6. The average Bonchev–Trinajstić information content (AvgIpc) is 2.70. The molecule has 0 atom stereocenters. The van der Waals surface area contributed by atoms with Crippen molar-refractivity contribution in [2.24, 2.45) is 0 Å². The molecule has 0 bridgehead atoms. The lowest BCUT2D eigenvalue weighted by molar-refractivity contribution is -0.957. The minimum atomic E-state index is 0.149. The molecule has 144 valence electrons. The predicted octanol–water partition coefficient (Wildman–Crippen LogP) is 2.52. The van der Waals surface area contributed by atoms with Gasteiger partial charge in [-0.1, -0.05) is 18.6 Å². The van der Waals surface area contributed by atoms with Gasteiger partial charge in [0.05, 0.1) is 32.7 Å². The number of carbonyl (C=O) groups is 1. The Kier molecular flexibility index (Phi) is 6.95. The SMILES string of the molecule is CCOc1ccc(CC(=O)NCC2([NH+]3CCCCC3)CCCCC2)cc1. The van der Waals surface area contributed by atoms with Crippen LogP contribution in [0.2, 0.25) is 0 Å². The molecule has 0 spiro atoms. The van der Waals surface area contributed by atoms with E-state index in [0.717, 1.165) is 17.9 Å². The zero-order valence-electron chi connectivity index (χ0n) is 16.3. The number of hydrogen-bond acceptors (Lipinski definition) is 2. The first-order chi connectivity index (χ1) is 12.7. The van der Waals surface area contributed by atoms with Crippen LogP contribution in [0, 0.1) is 0 Å². The van der Waals surface area contributed by atoms with E-state index in [2.05, 4.69) is 5.32 Å². The van der Waals surface area contributed by atoms with Gasteiger partial charge in [-0.3, -0.25) is 4.79 Å². The minimum Gasteiger partial charge on any atom is -0.494 e. The van der Waals surface area contributed by atoms with Gasteiger partial charge in [0.2, 0.25) is 5.91 Å². The first kappa shape index (κ1) is 19.2. The fourth-order valence-corrected chi connectivity index (χ4v) is 4.78. The number of benzene rings is 1. The van der Waals surface area contributed by atoms with Gasteiger partial charge in [0, 0.05) is 12.8 Å². The Morgan fingerprint density at radius 3 is 2.35 bits per heavy atom. The normalized spacial score (nSPS) is 20.5. The summed E-state index contributed by atoms with van der Waals surface area (Å²) in [5.74, 6) is 1.02. The summed E-state index contributed by atoms with van der Waals surface area (Å²) >= 11 is 0. The van der Waals surface area contributed by atoms with Crippen molar-refractivity contribution < 1.29 is 14.4 Å². The van der Waals surface area contributed by atoms with E-state index in [4.69, 9.17) is 4.74 Å². The number of quaternary nitrogens is 1. The molecule has 0 radical (unpaired) electrons. The molecule has 26 heavy (non-hydrogen) atoms. The van der Waals surface area contributed by atoms with Gasteiger partial charge in [-0.25, -0.2) is 0 Å². The van der Waals surface area contributed by atoms with Gasteiger partial charge in [-0.2, -0.15) is 0 Å². The highest BCUT2D eigenvalue weighted by molar-refractivity contribution is 5.78. The number of ether oxygens (including phenoxy) is 1. The first-order valence-corrected chi connectivity index (χ1v) is 10.6. The monoisotopic (exact) mass is 359 g/mol. The van der Waals surface area contributed by atoms with Gasteiger partial charge in [0.25, 0.3) is 0 Å². The van der Waals surface area contributed by atoms with Crippen LogP contribution in [0.15, 0.2) is 24.3 Å². The highest BCUT2D eigenvalue weighted by Crippen LogP contribution is 2.26. The van der Waals surface area contributed by atoms with E-state index in [1.54, 1.807) is 4.90 Å². The Hall–Kier alpha value is -1.55. The van der Waals surface area contributed by atoms with Crippen LogP contribution in [0.4, 0.5) is 0 Å².